The number of aryl methyl sites for hydroxylation is 2. The third-order valence-corrected chi connectivity index (χ3v) is 3.59. The molecule has 0 atom stereocenters. The van der Waals surface area contributed by atoms with Gasteiger partial charge in [0.15, 0.2) is 0 Å². The lowest BCUT2D eigenvalue weighted by Crippen LogP contribution is -2.02. The summed E-state index contributed by atoms with van der Waals surface area (Å²) >= 11 is 0. The fourth-order valence-corrected chi connectivity index (χ4v) is 2.48. The fourth-order valence-electron chi connectivity index (χ4n) is 2.48. The van der Waals surface area contributed by atoms with Crippen molar-refractivity contribution in [2.75, 3.05) is 0 Å². The molecule has 0 bridgehead atoms. The van der Waals surface area contributed by atoms with E-state index in [1.165, 1.54) is 0 Å². The smallest absolute Gasteiger partial charge is 0.216 e. The number of nitrogens with zero attached hydrogens (tertiary/aromatic N) is 1. The maximum absolute atomic E-state index is 14.2. The Balaban J connectivity index is 2.49. The Kier molecular flexibility index (Phi) is 4.89. The van der Waals surface area contributed by atoms with Crippen molar-refractivity contribution in [3.63, 3.8) is 0 Å². The number of benzene rings is 1. The average Bonchev–Trinajstić information content (AvgIpc) is 2.44. The van der Waals surface area contributed by atoms with Gasteiger partial charge in [-0.1, -0.05) is 51.0 Å². The van der Waals surface area contributed by atoms with Crippen molar-refractivity contribution < 1.29 is 4.39 Å². The average molecular weight is 259 g/mol. The maximum atomic E-state index is 14.2. The Labute approximate surface area is 114 Å². The summed E-state index contributed by atoms with van der Waals surface area (Å²) in [6.07, 6.45) is 5.90. The first-order chi connectivity index (χ1) is 9.27. The molecule has 0 saturated heterocycles. The number of hydrogen-bond acceptors (Lipinski definition) is 1. The van der Waals surface area contributed by atoms with Gasteiger partial charge in [0.25, 0.3) is 0 Å². The molecule has 2 rings (SSSR count). The van der Waals surface area contributed by atoms with Crippen LogP contribution in [0.3, 0.4) is 0 Å². The van der Waals surface area contributed by atoms with Gasteiger partial charge in [-0.05, 0) is 31.1 Å². The molecule has 1 nitrogen and oxygen atoms in total. The molecule has 0 saturated carbocycles. The Hall–Kier alpha value is -1.44. The number of unbranched alkanes of at least 4 members (excludes halogenated alkanes) is 2. The molecule has 1 aromatic carbocycles. The van der Waals surface area contributed by atoms with Crippen molar-refractivity contribution in [2.45, 2.75) is 52.4 Å². The lowest BCUT2D eigenvalue weighted by molar-refractivity contribution is 0.558. The zero-order valence-corrected chi connectivity index (χ0v) is 11.9. The molecule has 2 aromatic rings. The van der Waals surface area contributed by atoms with E-state index < -0.39 is 0 Å². The second kappa shape index (κ2) is 6.65. The third kappa shape index (κ3) is 3.12. The van der Waals surface area contributed by atoms with Crippen LogP contribution in [-0.4, -0.2) is 4.98 Å². The van der Waals surface area contributed by atoms with Crippen LogP contribution in [0.1, 0.15) is 50.8 Å². The van der Waals surface area contributed by atoms with Gasteiger partial charge in [0.2, 0.25) is 5.95 Å². The highest BCUT2D eigenvalue weighted by Crippen LogP contribution is 2.25. The summed E-state index contributed by atoms with van der Waals surface area (Å²) < 4.78 is 14.2. The summed E-state index contributed by atoms with van der Waals surface area (Å²) in [4.78, 5) is 4.23. The lowest BCUT2D eigenvalue weighted by atomic mass is 9.99. The molecule has 0 N–H and O–H groups in total. The SMILES string of the molecule is CCCCc1nc(F)c(CCCC)c2ccccc12. The minimum atomic E-state index is -0.266. The largest absolute Gasteiger partial charge is 0.224 e. The number of halogens is 1. The van der Waals surface area contributed by atoms with E-state index in [9.17, 15) is 4.39 Å². The summed E-state index contributed by atoms with van der Waals surface area (Å²) in [7, 11) is 0. The number of rotatable bonds is 6. The molecule has 0 spiro atoms. The zero-order chi connectivity index (χ0) is 13.7. The van der Waals surface area contributed by atoms with E-state index in [0.29, 0.717) is 0 Å². The Morgan fingerprint density at radius 3 is 2.26 bits per heavy atom. The molecule has 1 heterocycles. The van der Waals surface area contributed by atoms with Gasteiger partial charge < -0.3 is 0 Å². The molecule has 0 aliphatic carbocycles. The normalized spacial score (nSPS) is 11.1. The number of pyridine rings is 1. The standard InChI is InChI=1S/C17H22FN/c1-3-5-9-15-13-10-7-8-11-14(13)16(12-6-4-2)19-17(15)18/h7-8,10-11H,3-6,9,12H2,1-2H3. The summed E-state index contributed by atoms with van der Waals surface area (Å²) in [6, 6.07) is 8.10. The molecule has 0 amide bonds. The van der Waals surface area contributed by atoms with Crippen molar-refractivity contribution in [1.29, 1.82) is 0 Å². The van der Waals surface area contributed by atoms with Gasteiger partial charge in [-0.3, -0.25) is 0 Å². The van der Waals surface area contributed by atoms with Crippen molar-refractivity contribution in [2.24, 2.45) is 0 Å². The van der Waals surface area contributed by atoms with Crippen molar-refractivity contribution in [1.82, 2.24) is 4.98 Å². The Bertz CT molecular complexity index is 548. The van der Waals surface area contributed by atoms with Crippen LogP contribution in [0.2, 0.25) is 0 Å². The summed E-state index contributed by atoms with van der Waals surface area (Å²) in [5, 5.41) is 2.18. The minimum Gasteiger partial charge on any atom is -0.224 e. The molecule has 0 fully saturated rings. The van der Waals surface area contributed by atoms with Crippen molar-refractivity contribution in [3.8, 4) is 0 Å². The highest BCUT2D eigenvalue weighted by Gasteiger charge is 2.12. The summed E-state index contributed by atoms with van der Waals surface area (Å²) in [5.41, 5.74) is 1.70. The maximum Gasteiger partial charge on any atom is 0.216 e. The van der Waals surface area contributed by atoms with Gasteiger partial charge in [-0.15, -0.1) is 0 Å². The molecule has 2 heteroatoms. The topological polar surface area (TPSA) is 12.9 Å². The van der Waals surface area contributed by atoms with Crippen LogP contribution < -0.4 is 0 Å². The first kappa shape index (κ1) is 14.0. The van der Waals surface area contributed by atoms with Crippen LogP contribution in [0.15, 0.2) is 24.3 Å². The van der Waals surface area contributed by atoms with Gasteiger partial charge in [0.1, 0.15) is 0 Å². The summed E-state index contributed by atoms with van der Waals surface area (Å²) in [6.45, 7) is 4.28. The predicted molar refractivity (Wildman–Crippen MR) is 78.9 cm³/mol. The van der Waals surface area contributed by atoms with Crippen molar-refractivity contribution in [3.05, 3.63) is 41.5 Å². The quantitative estimate of drug-likeness (QED) is 0.661. The van der Waals surface area contributed by atoms with Crippen LogP contribution in [0.4, 0.5) is 4.39 Å². The lowest BCUT2D eigenvalue weighted by Gasteiger charge is -2.11. The number of fused-ring (bicyclic) bond motifs is 1. The molecule has 0 unspecified atom stereocenters. The van der Waals surface area contributed by atoms with E-state index in [2.05, 4.69) is 24.9 Å². The Morgan fingerprint density at radius 1 is 0.947 bits per heavy atom. The van der Waals surface area contributed by atoms with E-state index in [1.807, 2.05) is 18.2 Å². The van der Waals surface area contributed by atoms with Crippen LogP contribution in [0.25, 0.3) is 10.8 Å². The van der Waals surface area contributed by atoms with Crippen LogP contribution in [-0.2, 0) is 12.8 Å². The Morgan fingerprint density at radius 2 is 1.58 bits per heavy atom. The van der Waals surface area contributed by atoms with Crippen LogP contribution >= 0.6 is 0 Å². The fraction of sp³-hybridized carbons (Fsp3) is 0.471. The first-order valence-electron chi connectivity index (χ1n) is 7.33. The minimum absolute atomic E-state index is 0.266. The first-order valence-corrected chi connectivity index (χ1v) is 7.33. The number of hydrogen-bond donors (Lipinski definition) is 0. The van der Waals surface area contributed by atoms with Gasteiger partial charge in [-0.2, -0.15) is 4.39 Å². The zero-order valence-electron chi connectivity index (χ0n) is 11.9. The predicted octanol–water partition coefficient (Wildman–Crippen LogP) is 5.06. The van der Waals surface area contributed by atoms with Gasteiger partial charge in [-0.25, -0.2) is 4.98 Å². The molecule has 1 aromatic heterocycles. The third-order valence-electron chi connectivity index (χ3n) is 3.59. The molecule has 0 radical (unpaired) electrons. The molecule has 0 aliphatic heterocycles. The molecular weight excluding hydrogens is 237 g/mol. The van der Waals surface area contributed by atoms with Gasteiger partial charge in [0.05, 0.1) is 5.69 Å². The second-order valence-corrected chi connectivity index (χ2v) is 5.08. The number of aromatic nitrogens is 1. The summed E-state index contributed by atoms with van der Waals surface area (Å²) in [5.74, 6) is -0.266. The molecule has 0 aliphatic rings. The van der Waals surface area contributed by atoms with Gasteiger partial charge in [0, 0.05) is 10.9 Å². The monoisotopic (exact) mass is 259 g/mol. The molecule has 102 valence electrons. The molecular formula is C17H22FN. The van der Waals surface area contributed by atoms with E-state index in [0.717, 1.165) is 60.6 Å². The highest BCUT2D eigenvalue weighted by molar-refractivity contribution is 5.87. The van der Waals surface area contributed by atoms with Crippen LogP contribution in [0, 0.1) is 5.95 Å². The van der Waals surface area contributed by atoms with Crippen LogP contribution in [0.5, 0.6) is 0 Å². The van der Waals surface area contributed by atoms with E-state index in [1.54, 1.807) is 0 Å². The highest BCUT2D eigenvalue weighted by atomic mass is 19.1. The van der Waals surface area contributed by atoms with E-state index in [-0.39, 0.29) is 5.95 Å². The second-order valence-electron chi connectivity index (χ2n) is 5.08. The molecule has 19 heavy (non-hydrogen) atoms. The van der Waals surface area contributed by atoms with Gasteiger partial charge >= 0.3 is 0 Å². The van der Waals surface area contributed by atoms with E-state index >= 15 is 0 Å². The van der Waals surface area contributed by atoms with E-state index in [4.69, 9.17) is 0 Å². The van der Waals surface area contributed by atoms with Crippen molar-refractivity contribution >= 4 is 10.8 Å².